The Labute approximate surface area is 119 Å². The van der Waals surface area contributed by atoms with E-state index in [1.54, 1.807) is 6.20 Å². The molecule has 1 fully saturated rings. The van der Waals surface area contributed by atoms with E-state index in [9.17, 15) is 4.79 Å². The zero-order valence-corrected chi connectivity index (χ0v) is 12.4. The third kappa shape index (κ3) is 3.62. The molecule has 0 aromatic carbocycles. The van der Waals surface area contributed by atoms with Crippen LogP contribution in [0.4, 0.5) is 5.82 Å². The molecule has 1 unspecified atom stereocenters. The van der Waals surface area contributed by atoms with Gasteiger partial charge in [0.1, 0.15) is 5.82 Å². The molecule has 0 radical (unpaired) electrons. The van der Waals surface area contributed by atoms with Crippen LogP contribution in [-0.2, 0) is 0 Å². The number of hydrogen-bond donors (Lipinski definition) is 1. The highest BCUT2D eigenvalue weighted by Crippen LogP contribution is 2.22. The summed E-state index contributed by atoms with van der Waals surface area (Å²) >= 11 is 1.97. The minimum atomic E-state index is 0.106. The summed E-state index contributed by atoms with van der Waals surface area (Å²) in [5, 5.41) is 3.71. The molecular formula is C14H21N3OS. The number of carbonyl (C=O) groups excluding carboxylic acids is 1. The summed E-state index contributed by atoms with van der Waals surface area (Å²) in [6.45, 7) is 6.74. The molecule has 1 saturated heterocycles. The van der Waals surface area contributed by atoms with E-state index in [1.807, 2.05) is 35.7 Å². The van der Waals surface area contributed by atoms with Gasteiger partial charge in [0.2, 0.25) is 0 Å². The lowest BCUT2D eigenvalue weighted by molar-refractivity contribution is 0.0760. The number of hydrogen-bond acceptors (Lipinski definition) is 4. The first-order valence-electron chi connectivity index (χ1n) is 6.85. The fourth-order valence-corrected chi connectivity index (χ4v) is 3.32. The Hall–Kier alpha value is -1.23. The van der Waals surface area contributed by atoms with Gasteiger partial charge in [0.15, 0.2) is 0 Å². The van der Waals surface area contributed by atoms with Gasteiger partial charge in [-0.1, -0.05) is 6.92 Å². The Morgan fingerprint density at radius 2 is 2.37 bits per heavy atom. The van der Waals surface area contributed by atoms with E-state index in [-0.39, 0.29) is 5.91 Å². The second kappa shape index (κ2) is 6.80. The predicted molar refractivity (Wildman–Crippen MR) is 80.8 cm³/mol. The molecule has 1 aromatic heterocycles. The highest BCUT2D eigenvalue weighted by molar-refractivity contribution is 8.00. The fraction of sp³-hybridized carbons (Fsp3) is 0.571. The summed E-state index contributed by atoms with van der Waals surface area (Å²) in [6, 6.07) is 3.72. The van der Waals surface area contributed by atoms with Crippen LogP contribution in [0.3, 0.4) is 0 Å². The summed E-state index contributed by atoms with van der Waals surface area (Å²) < 4.78 is 0. The Bertz CT molecular complexity index is 421. The molecule has 5 heteroatoms. The maximum absolute atomic E-state index is 12.4. The second-order valence-electron chi connectivity index (χ2n) is 4.61. The first-order chi connectivity index (χ1) is 9.24. The first-order valence-corrected chi connectivity index (χ1v) is 7.90. The van der Waals surface area contributed by atoms with Gasteiger partial charge in [-0.2, -0.15) is 11.8 Å². The van der Waals surface area contributed by atoms with Crippen molar-refractivity contribution in [2.75, 3.05) is 30.7 Å². The number of amides is 1. The smallest absolute Gasteiger partial charge is 0.255 e. The third-order valence-electron chi connectivity index (χ3n) is 3.25. The first kappa shape index (κ1) is 14.2. The Morgan fingerprint density at radius 3 is 3.00 bits per heavy atom. The van der Waals surface area contributed by atoms with Crippen LogP contribution < -0.4 is 5.32 Å². The number of anilines is 1. The van der Waals surface area contributed by atoms with Crippen LogP contribution in [0.2, 0.25) is 0 Å². The van der Waals surface area contributed by atoms with Crippen LogP contribution in [-0.4, -0.2) is 46.4 Å². The SMILES string of the molecule is CCNc1ccc(C(=O)N2CCSC(CC)C2)cn1. The number of carbonyl (C=O) groups is 1. The van der Waals surface area contributed by atoms with Gasteiger partial charge in [-0.25, -0.2) is 4.98 Å². The molecular weight excluding hydrogens is 258 g/mol. The van der Waals surface area contributed by atoms with Crippen molar-refractivity contribution in [1.82, 2.24) is 9.88 Å². The van der Waals surface area contributed by atoms with Gasteiger partial charge in [-0.15, -0.1) is 0 Å². The Morgan fingerprint density at radius 1 is 1.53 bits per heavy atom. The quantitative estimate of drug-likeness (QED) is 0.919. The molecule has 1 aromatic rings. The summed E-state index contributed by atoms with van der Waals surface area (Å²) in [5.41, 5.74) is 0.684. The molecule has 1 aliphatic rings. The van der Waals surface area contributed by atoms with E-state index in [0.717, 1.165) is 37.6 Å². The van der Waals surface area contributed by atoms with Crippen LogP contribution in [0.15, 0.2) is 18.3 Å². The Kier molecular flexibility index (Phi) is 5.07. The van der Waals surface area contributed by atoms with Gasteiger partial charge < -0.3 is 10.2 Å². The maximum Gasteiger partial charge on any atom is 0.255 e. The molecule has 1 N–H and O–H groups in total. The highest BCUT2D eigenvalue weighted by Gasteiger charge is 2.23. The normalized spacial score (nSPS) is 19.3. The lowest BCUT2D eigenvalue weighted by Crippen LogP contribution is -2.41. The van der Waals surface area contributed by atoms with E-state index in [1.165, 1.54) is 0 Å². The van der Waals surface area contributed by atoms with Crippen LogP contribution >= 0.6 is 11.8 Å². The standard InChI is InChI=1S/C14H21N3OS/c1-3-12-10-17(7-8-19-12)14(18)11-5-6-13(15-4-2)16-9-11/h5-6,9,12H,3-4,7-8,10H2,1-2H3,(H,15,16). The molecule has 1 aliphatic heterocycles. The molecule has 0 aliphatic carbocycles. The van der Waals surface area contributed by atoms with Crippen molar-refractivity contribution in [1.29, 1.82) is 0 Å². The molecule has 19 heavy (non-hydrogen) atoms. The van der Waals surface area contributed by atoms with E-state index in [4.69, 9.17) is 0 Å². The van der Waals surface area contributed by atoms with Gasteiger partial charge in [0, 0.05) is 36.8 Å². The second-order valence-corrected chi connectivity index (χ2v) is 6.02. The van der Waals surface area contributed by atoms with E-state index < -0.39 is 0 Å². The molecule has 0 bridgehead atoms. The molecule has 1 atom stereocenters. The van der Waals surface area contributed by atoms with Crippen LogP contribution in [0, 0.1) is 0 Å². The zero-order chi connectivity index (χ0) is 13.7. The van der Waals surface area contributed by atoms with E-state index in [2.05, 4.69) is 17.2 Å². The van der Waals surface area contributed by atoms with Gasteiger partial charge >= 0.3 is 0 Å². The minimum absolute atomic E-state index is 0.106. The van der Waals surface area contributed by atoms with Crippen molar-refractivity contribution in [2.45, 2.75) is 25.5 Å². The maximum atomic E-state index is 12.4. The van der Waals surface area contributed by atoms with Gasteiger partial charge in [-0.05, 0) is 25.5 Å². The van der Waals surface area contributed by atoms with Crippen molar-refractivity contribution >= 4 is 23.5 Å². The topological polar surface area (TPSA) is 45.2 Å². The number of rotatable bonds is 4. The summed E-state index contributed by atoms with van der Waals surface area (Å²) in [4.78, 5) is 18.6. The largest absolute Gasteiger partial charge is 0.370 e. The number of nitrogens with one attached hydrogen (secondary N) is 1. The lowest BCUT2D eigenvalue weighted by atomic mass is 10.2. The van der Waals surface area contributed by atoms with Crippen LogP contribution in [0.1, 0.15) is 30.6 Å². The molecule has 1 amide bonds. The van der Waals surface area contributed by atoms with Crippen molar-refractivity contribution in [3.05, 3.63) is 23.9 Å². The van der Waals surface area contributed by atoms with Crippen molar-refractivity contribution in [2.24, 2.45) is 0 Å². The summed E-state index contributed by atoms with van der Waals surface area (Å²) in [6.07, 6.45) is 2.79. The third-order valence-corrected chi connectivity index (χ3v) is 4.62. The van der Waals surface area contributed by atoms with Gasteiger partial charge in [-0.3, -0.25) is 4.79 Å². The zero-order valence-electron chi connectivity index (χ0n) is 11.6. The molecule has 104 valence electrons. The number of aromatic nitrogens is 1. The molecule has 2 rings (SSSR count). The van der Waals surface area contributed by atoms with Gasteiger partial charge in [0.25, 0.3) is 5.91 Å². The van der Waals surface area contributed by atoms with Crippen LogP contribution in [0.25, 0.3) is 0 Å². The fourth-order valence-electron chi connectivity index (χ4n) is 2.14. The molecule has 4 nitrogen and oxygen atoms in total. The number of pyridine rings is 1. The van der Waals surface area contributed by atoms with Crippen molar-refractivity contribution in [3.63, 3.8) is 0 Å². The summed E-state index contributed by atoms with van der Waals surface area (Å²) in [5.74, 6) is 1.96. The predicted octanol–water partition coefficient (Wildman–Crippen LogP) is 2.48. The monoisotopic (exact) mass is 279 g/mol. The van der Waals surface area contributed by atoms with Crippen molar-refractivity contribution < 1.29 is 4.79 Å². The Balaban J connectivity index is 2.02. The molecule has 2 heterocycles. The average Bonchev–Trinajstić information content (AvgIpc) is 2.48. The average molecular weight is 279 g/mol. The van der Waals surface area contributed by atoms with Crippen molar-refractivity contribution in [3.8, 4) is 0 Å². The van der Waals surface area contributed by atoms with E-state index in [0.29, 0.717) is 10.8 Å². The number of thioether (sulfide) groups is 1. The molecule has 0 spiro atoms. The minimum Gasteiger partial charge on any atom is -0.370 e. The molecule has 0 saturated carbocycles. The highest BCUT2D eigenvalue weighted by atomic mass is 32.2. The van der Waals surface area contributed by atoms with E-state index >= 15 is 0 Å². The number of nitrogens with zero attached hydrogens (tertiary/aromatic N) is 2. The van der Waals surface area contributed by atoms with Gasteiger partial charge in [0.05, 0.1) is 5.56 Å². The summed E-state index contributed by atoms with van der Waals surface area (Å²) in [7, 11) is 0. The lowest BCUT2D eigenvalue weighted by Gasteiger charge is -2.31. The van der Waals surface area contributed by atoms with Crippen LogP contribution in [0.5, 0.6) is 0 Å².